The van der Waals surface area contributed by atoms with Crippen LogP contribution in [0.5, 0.6) is 5.75 Å². The molecule has 2 rings (SSSR count). The number of nitrogens with one attached hydrogen (secondary N) is 1. The van der Waals surface area contributed by atoms with Crippen LogP contribution in [0.3, 0.4) is 0 Å². The number of ether oxygens (including phenoxy) is 2. The van der Waals surface area contributed by atoms with Crippen molar-refractivity contribution in [2.75, 3.05) is 19.0 Å². The van der Waals surface area contributed by atoms with Crippen molar-refractivity contribution in [2.24, 2.45) is 0 Å². The number of carbonyl (C=O) groups is 2. The maximum absolute atomic E-state index is 12.4. The van der Waals surface area contributed by atoms with Crippen LogP contribution in [0.4, 0.5) is 18.9 Å². The summed E-state index contributed by atoms with van der Waals surface area (Å²) in [5, 5.41) is 2.39. The monoisotopic (exact) mass is 343 g/mol. The minimum Gasteiger partial charge on any atom is -0.482 e. The van der Waals surface area contributed by atoms with Crippen molar-refractivity contribution in [1.29, 1.82) is 0 Å². The van der Waals surface area contributed by atoms with Gasteiger partial charge in [-0.05, 0) is 24.3 Å². The highest BCUT2D eigenvalue weighted by atomic mass is 19.4. The Hall–Kier alpha value is -2.97. The number of halogens is 3. The van der Waals surface area contributed by atoms with E-state index in [4.69, 9.17) is 4.42 Å². The molecule has 0 saturated carbocycles. The Labute approximate surface area is 134 Å². The van der Waals surface area contributed by atoms with Gasteiger partial charge in [0.05, 0.1) is 30.2 Å². The van der Waals surface area contributed by atoms with Crippen molar-refractivity contribution in [2.45, 2.75) is 6.18 Å². The first kappa shape index (κ1) is 17.4. The summed E-state index contributed by atoms with van der Waals surface area (Å²) in [7, 11) is 1.13. The molecule has 0 unspecified atom stereocenters. The van der Waals surface area contributed by atoms with E-state index in [9.17, 15) is 22.8 Å². The van der Waals surface area contributed by atoms with Gasteiger partial charge in [0.15, 0.2) is 6.61 Å². The molecule has 1 N–H and O–H groups in total. The summed E-state index contributed by atoms with van der Waals surface area (Å²) in [6, 6.07) is 4.98. The molecule has 2 aromatic rings. The van der Waals surface area contributed by atoms with Gasteiger partial charge in [-0.2, -0.15) is 13.2 Å². The van der Waals surface area contributed by atoms with Gasteiger partial charge < -0.3 is 19.2 Å². The van der Waals surface area contributed by atoms with Gasteiger partial charge in [0.2, 0.25) is 0 Å². The van der Waals surface area contributed by atoms with Gasteiger partial charge in [-0.15, -0.1) is 0 Å². The summed E-state index contributed by atoms with van der Waals surface area (Å²) in [6.07, 6.45) is -2.13. The van der Waals surface area contributed by atoms with Crippen molar-refractivity contribution in [1.82, 2.24) is 0 Å². The highest BCUT2D eigenvalue weighted by Gasteiger charge is 2.29. The first-order valence-electron chi connectivity index (χ1n) is 6.55. The topological polar surface area (TPSA) is 77.8 Å². The average molecular weight is 343 g/mol. The molecular formula is C15H12F3NO5. The Morgan fingerprint density at radius 2 is 1.96 bits per heavy atom. The minimum atomic E-state index is -4.58. The predicted octanol–water partition coefficient (Wildman–Crippen LogP) is 3.26. The fourth-order valence-electron chi connectivity index (χ4n) is 1.74. The Kier molecular flexibility index (Phi) is 5.12. The Morgan fingerprint density at radius 3 is 2.54 bits per heavy atom. The molecule has 1 heterocycles. The second-order valence-corrected chi connectivity index (χ2v) is 4.57. The lowest BCUT2D eigenvalue weighted by Gasteiger charge is -2.14. The Bertz CT molecular complexity index is 725. The molecule has 1 aromatic heterocycles. The number of alkyl halides is 3. The van der Waals surface area contributed by atoms with Gasteiger partial charge in [-0.3, -0.25) is 4.79 Å². The van der Waals surface area contributed by atoms with E-state index >= 15 is 0 Å². The van der Waals surface area contributed by atoms with Crippen LogP contribution in [0, 0.1) is 0 Å². The summed E-state index contributed by atoms with van der Waals surface area (Å²) in [5.41, 5.74) is 0.128. The number of hydrogen-bond acceptors (Lipinski definition) is 5. The third-order valence-corrected chi connectivity index (χ3v) is 2.83. The number of amides is 1. The molecular weight excluding hydrogens is 331 g/mol. The van der Waals surface area contributed by atoms with Crippen LogP contribution in [0.1, 0.15) is 20.7 Å². The minimum absolute atomic E-state index is 0.0176. The van der Waals surface area contributed by atoms with Crippen LogP contribution in [0.25, 0.3) is 0 Å². The van der Waals surface area contributed by atoms with Gasteiger partial charge in [-0.25, -0.2) is 4.79 Å². The van der Waals surface area contributed by atoms with E-state index in [1.807, 2.05) is 0 Å². The van der Waals surface area contributed by atoms with Crippen LogP contribution >= 0.6 is 0 Å². The SMILES string of the molecule is COC(=O)c1ccc(NC(=O)c2ccoc2)c(OCC(F)(F)F)c1. The fourth-order valence-corrected chi connectivity index (χ4v) is 1.74. The highest BCUT2D eigenvalue weighted by Crippen LogP contribution is 2.29. The van der Waals surface area contributed by atoms with Crippen molar-refractivity contribution in [3.8, 4) is 5.75 Å². The first-order chi connectivity index (χ1) is 11.3. The summed E-state index contributed by atoms with van der Waals surface area (Å²) in [4.78, 5) is 23.5. The van der Waals surface area contributed by atoms with E-state index in [2.05, 4.69) is 14.8 Å². The summed E-state index contributed by atoms with van der Waals surface area (Å²) in [5.74, 6) is -1.67. The number of anilines is 1. The van der Waals surface area contributed by atoms with Crippen molar-refractivity contribution < 1.29 is 36.7 Å². The molecule has 6 nitrogen and oxygen atoms in total. The number of hydrogen-bond donors (Lipinski definition) is 1. The smallest absolute Gasteiger partial charge is 0.422 e. The zero-order valence-corrected chi connectivity index (χ0v) is 12.3. The third kappa shape index (κ3) is 4.51. The number of benzene rings is 1. The van der Waals surface area contributed by atoms with E-state index in [0.717, 1.165) is 13.2 Å². The van der Waals surface area contributed by atoms with Crippen LogP contribution in [0.15, 0.2) is 41.2 Å². The molecule has 1 aromatic carbocycles. The quantitative estimate of drug-likeness (QED) is 0.843. The van der Waals surface area contributed by atoms with Crippen LogP contribution in [-0.4, -0.2) is 31.8 Å². The van der Waals surface area contributed by atoms with Crippen LogP contribution < -0.4 is 10.1 Å². The average Bonchev–Trinajstić information content (AvgIpc) is 3.06. The Morgan fingerprint density at radius 1 is 1.21 bits per heavy atom. The molecule has 128 valence electrons. The normalized spacial score (nSPS) is 11.0. The maximum Gasteiger partial charge on any atom is 0.422 e. The van der Waals surface area contributed by atoms with Crippen LogP contribution in [0.2, 0.25) is 0 Å². The van der Waals surface area contributed by atoms with Gasteiger partial charge >= 0.3 is 12.1 Å². The van der Waals surface area contributed by atoms with E-state index in [-0.39, 0.29) is 22.6 Å². The van der Waals surface area contributed by atoms with E-state index in [0.29, 0.717) is 0 Å². The third-order valence-electron chi connectivity index (χ3n) is 2.83. The number of esters is 1. The lowest BCUT2D eigenvalue weighted by molar-refractivity contribution is -0.153. The number of furan rings is 1. The summed E-state index contributed by atoms with van der Waals surface area (Å²) < 4.78 is 51.0. The first-order valence-corrected chi connectivity index (χ1v) is 6.55. The lowest BCUT2D eigenvalue weighted by atomic mass is 10.2. The molecule has 0 saturated heterocycles. The van der Waals surface area contributed by atoms with Crippen molar-refractivity contribution in [3.05, 3.63) is 47.9 Å². The molecule has 0 aliphatic heterocycles. The number of carbonyl (C=O) groups excluding carboxylic acids is 2. The summed E-state index contributed by atoms with van der Waals surface area (Å²) in [6.45, 7) is -1.58. The molecule has 1 amide bonds. The molecule has 0 spiro atoms. The zero-order valence-electron chi connectivity index (χ0n) is 12.3. The van der Waals surface area contributed by atoms with E-state index in [1.54, 1.807) is 0 Å². The second kappa shape index (κ2) is 7.07. The molecule has 24 heavy (non-hydrogen) atoms. The van der Waals surface area contributed by atoms with E-state index < -0.39 is 24.7 Å². The van der Waals surface area contributed by atoms with Crippen LogP contribution in [-0.2, 0) is 4.74 Å². The summed E-state index contributed by atoms with van der Waals surface area (Å²) >= 11 is 0. The molecule has 0 radical (unpaired) electrons. The maximum atomic E-state index is 12.4. The predicted molar refractivity (Wildman–Crippen MR) is 76.0 cm³/mol. The number of methoxy groups -OCH3 is 1. The van der Waals surface area contributed by atoms with Gasteiger partial charge in [0, 0.05) is 0 Å². The highest BCUT2D eigenvalue weighted by molar-refractivity contribution is 6.05. The van der Waals surface area contributed by atoms with Crippen molar-refractivity contribution >= 4 is 17.6 Å². The van der Waals surface area contributed by atoms with Gasteiger partial charge in [0.25, 0.3) is 5.91 Å². The van der Waals surface area contributed by atoms with Gasteiger partial charge in [0.1, 0.15) is 12.0 Å². The zero-order chi connectivity index (χ0) is 17.7. The van der Waals surface area contributed by atoms with E-state index in [1.165, 1.54) is 30.7 Å². The molecule has 0 aliphatic carbocycles. The number of rotatable bonds is 5. The molecule has 0 bridgehead atoms. The fraction of sp³-hybridized carbons (Fsp3) is 0.200. The molecule has 0 atom stereocenters. The standard InChI is InChI=1S/C15H12F3NO5/c1-22-14(21)9-2-3-11(12(6-9)24-8-15(16,17)18)19-13(20)10-4-5-23-7-10/h2-7H,8H2,1H3,(H,19,20). The molecule has 9 heteroatoms. The lowest BCUT2D eigenvalue weighted by Crippen LogP contribution is -2.20. The molecule has 0 aliphatic rings. The Balaban J connectivity index is 2.27. The van der Waals surface area contributed by atoms with Crippen molar-refractivity contribution in [3.63, 3.8) is 0 Å². The largest absolute Gasteiger partial charge is 0.482 e. The van der Waals surface area contributed by atoms with Gasteiger partial charge in [-0.1, -0.05) is 0 Å². The second-order valence-electron chi connectivity index (χ2n) is 4.57. The molecule has 0 fully saturated rings.